The number of likely N-dealkylation sites (N-methyl/N-ethyl adjacent to an activating group) is 1. The van der Waals surface area contributed by atoms with Gasteiger partial charge in [-0.05, 0) is 43.2 Å². The maximum atomic E-state index is 12.3. The number of amides is 2. The Balaban J connectivity index is 1.90. The van der Waals surface area contributed by atoms with E-state index in [1.165, 1.54) is 4.88 Å². The van der Waals surface area contributed by atoms with Crippen LogP contribution in [0, 0.1) is 0 Å². The first kappa shape index (κ1) is 17.8. The second-order valence-electron chi connectivity index (χ2n) is 5.67. The molecule has 1 N–H and O–H groups in total. The van der Waals surface area contributed by atoms with Gasteiger partial charge in [-0.15, -0.1) is 11.3 Å². The third kappa shape index (κ3) is 5.23. The molecule has 124 valence electrons. The molecular weight excluding hydrogens is 330 g/mol. The number of hydrogen-bond acceptors (Lipinski definition) is 3. The molecule has 2 amide bonds. The van der Waals surface area contributed by atoms with E-state index in [1.54, 1.807) is 23.3 Å². The number of carbonyl (C=O) groups is 1. The molecule has 0 aliphatic carbocycles. The Morgan fingerprint density at radius 2 is 2.04 bits per heavy atom. The third-order valence-corrected chi connectivity index (χ3v) is 4.81. The van der Waals surface area contributed by atoms with Crippen molar-refractivity contribution >= 4 is 29.0 Å². The highest BCUT2D eigenvalue weighted by molar-refractivity contribution is 7.10. The lowest BCUT2D eigenvalue weighted by atomic mass is 10.2. The number of urea groups is 1. The summed E-state index contributed by atoms with van der Waals surface area (Å²) in [5.41, 5.74) is 1.01. The highest BCUT2D eigenvalue weighted by Crippen LogP contribution is 2.22. The first-order valence-electron chi connectivity index (χ1n) is 7.40. The van der Waals surface area contributed by atoms with Crippen molar-refractivity contribution in [2.75, 3.05) is 27.7 Å². The fourth-order valence-electron chi connectivity index (χ4n) is 2.32. The minimum atomic E-state index is -0.0895. The number of hydrogen-bond donors (Lipinski definition) is 1. The Hall–Kier alpha value is -1.56. The Morgan fingerprint density at radius 1 is 1.26 bits per heavy atom. The van der Waals surface area contributed by atoms with Crippen molar-refractivity contribution in [3.63, 3.8) is 0 Å². The van der Waals surface area contributed by atoms with Crippen LogP contribution in [-0.4, -0.2) is 43.5 Å². The van der Waals surface area contributed by atoms with E-state index in [1.807, 2.05) is 44.4 Å². The molecule has 0 aliphatic heterocycles. The van der Waals surface area contributed by atoms with E-state index in [-0.39, 0.29) is 12.1 Å². The molecule has 6 heteroatoms. The molecule has 1 unspecified atom stereocenters. The standard InChI is InChI=1S/C17H22ClN3OS/c1-20(2)15(16-8-5-9-23-16)11-19-17(22)21(3)12-13-6-4-7-14(18)10-13/h4-10,15H,11-12H2,1-3H3,(H,19,22). The molecule has 0 fully saturated rings. The van der Waals surface area contributed by atoms with Crippen molar-refractivity contribution in [2.24, 2.45) is 0 Å². The highest BCUT2D eigenvalue weighted by Gasteiger charge is 2.17. The summed E-state index contributed by atoms with van der Waals surface area (Å²) in [6, 6.07) is 11.8. The van der Waals surface area contributed by atoms with Gasteiger partial charge in [0, 0.05) is 30.0 Å². The summed E-state index contributed by atoms with van der Waals surface area (Å²) >= 11 is 7.68. The predicted octanol–water partition coefficient (Wildman–Crippen LogP) is 3.85. The molecule has 0 bridgehead atoms. The Morgan fingerprint density at radius 3 is 2.65 bits per heavy atom. The lowest BCUT2D eigenvalue weighted by Gasteiger charge is -2.25. The number of rotatable bonds is 6. The van der Waals surface area contributed by atoms with E-state index in [4.69, 9.17) is 11.6 Å². The summed E-state index contributed by atoms with van der Waals surface area (Å²) in [6.45, 7) is 1.10. The van der Waals surface area contributed by atoms with Gasteiger partial charge in [-0.25, -0.2) is 4.79 Å². The molecule has 1 aromatic carbocycles. The SMILES string of the molecule is CN(Cc1cccc(Cl)c1)C(=O)NCC(c1cccs1)N(C)C. The Bertz CT molecular complexity index is 631. The summed E-state index contributed by atoms with van der Waals surface area (Å²) in [4.78, 5) is 17.3. The molecule has 23 heavy (non-hydrogen) atoms. The van der Waals surface area contributed by atoms with Crippen LogP contribution < -0.4 is 5.32 Å². The van der Waals surface area contributed by atoms with Gasteiger partial charge in [-0.3, -0.25) is 0 Å². The zero-order valence-electron chi connectivity index (χ0n) is 13.6. The molecule has 0 radical (unpaired) electrons. The van der Waals surface area contributed by atoms with E-state index in [2.05, 4.69) is 21.7 Å². The number of carbonyl (C=O) groups excluding carboxylic acids is 1. The van der Waals surface area contributed by atoms with Crippen molar-refractivity contribution in [1.82, 2.24) is 15.1 Å². The van der Waals surface area contributed by atoms with Crippen LogP contribution in [0.2, 0.25) is 5.02 Å². The molecule has 0 saturated carbocycles. The summed E-state index contributed by atoms with van der Waals surface area (Å²) in [6.07, 6.45) is 0. The van der Waals surface area contributed by atoms with E-state index in [9.17, 15) is 4.79 Å². The van der Waals surface area contributed by atoms with Crippen molar-refractivity contribution in [2.45, 2.75) is 12.6 Å². The van der Waals surface area contributed by atoms with Gasteiger partial charge in [-0.2, -0.15) is 0 Å². The van der Waals surface area contributed by atoms with Crippen LogP contribution in [0.15, 0.2) is 41.8 Å². The van der Waals surface area contributed by atoms with Crippen molar-refractivity contribution < 1.29 is 4.79 Å². The molecular formula is C17H22ClN3OS. The first-order valence-corrected chi connectivity index (χ1v) is 8.66. The predicted molar refractivity (Wildman–Crippen MR) is 97.1 cm³/mol. The lowest BCUT2D eigenvalue weighted by molar-refractivity contribution is 0.201. The Kier molecular flexibility index (Phi) is 6.45. The van der Waals surface area contributed by atoms with Crippen LogP contribution in [0.4, 0.5) is 4.79 Å². The number of nitrogens with one attached hydrogen (secondary N) is 1. The number of thiophene rings is 1. The lowest BCUT2D eigenvalue weighted by Crippen LogP contribution is -2.41. The molecule has 2 aromatic rings. The van der Waals surface area contributed by atoms with Crippen LogP contribution in [0.3, 0.4) is 0 Å². The van der Waals surface area contributed by atoms with Crippen LogP contribution in [-0.2, 0) is 6.54 Å². The van der Waals surface area contributed by atoms with Gasteiger partial charge in [0.05, 0.1) is 6.04 Å². The molecule has 1 heterocycles. The molecule has 0 aliphatic rings. The van der Waals surface area contributed by atoms with E-state index in [0.29, 0.717) is 18.1 Å². The molecule has 0 saturated heterocycles. The highest BCUT2D eigenvalue weighted by atomic mass is 35.5. The second kappa shape index (κ2) is 8.34. The van der Waals surface area contributed by atoms with Crippen LogP contribution in [0.25, 0.3) is 0 Å². The average Bonchev–Trinajstić information content (AvgIpc) is 3.01. The normalized spacial score (nSPS) is 12.2. The molecule has 4 nitrogen and oxygen atoms in total. The minimum Gasteiger partial charge on any atom is -0.336 e. The van der Waals surface area contributed by atoms with Crippen LogP contribution in [0.5, 0.6) is 0 Å². The molecule has 2 rings (SSSR count). The van der Waals surface area contributed by atoms with Crippen molar-refractivity contribution in [3.8, 4) is 0 Å². The van der Waals surface area contributed by atoms with E-state index < -0.39 is 0 Å². The quantitative estimate of drug-likeness (QED) is 0.858. The summed E-state index contributed by atoms with van der Waals surface area (Å²) < 4.78 is 0. The fraction of sp³-hybridized carbons (Fsp3) is 0.353. The van der Waals surface area contributed by atoms with Gasteiger partial charge in [-0.1, -0.05) is 29.8 Å². The minimum absolute atomic E-state index is 0.0895. The van der Waals surface area contributed by atoms with Gasteiger partial charge in [0.1, 0.15) is 0 Å². The Labute approximate surface area is 146 Å². The van der Waals surface area contributed by atoms with Gasteiger partial charge in [0.15, 0.2) is 0 Å². The molecule has 1 atom stereocenters. The van der Waals surface area contributed by atoms with Gasteiger partial charge >= 0.3 is 6.03 Å². The smallest absolute Gasteiger partial charge is 0.317 e. The first-order chi connectivity index (χ1) is 11.0. The summed E-state index contributed by atoms with van der Waals surface area (Å²) in [7, 11) is 5.82. The average molecular weight is 352 g/mol. The number of benzene rings is 1. The maximum Gasteiger partial charge on any atom is 0.317 e. The summed E-state index contributed by atoms with van der Waals surface area (Å²) in [5, 5.41) is 5.74. The molecule has 0 spiro atoms. The number of halogens is 1. The van der Waals surface area contributed by atoms with Crippen molar-refractivity contribution in [1.29, 1.82) is 0 Å². The second-order valence-corrected chi connectivity index (χ2v) is 7.08. The zero-order valence-corrected chi connectivity index (χ0v) is 15.2. The summed E-state index contributed by atoms with van der Waals surface area (Å²) in [5.74, 6) is 0. The monoisotopic (exact) mass is 351 g/mol. The van der Waals surface area contributed by atoms with Gasteiger partial charge in [0.25, 0.3) is 0 Å². The third-order valence-electron chi connectivity index (χ3n) is 3.60. The zero-order chi connectivity index (χ0) is 16.8. The number of nitrogens with zero attached hydrogens (tertiary/aromatic N) is 2. The van der Waals surface area contributed by atoms with Gasteiger partial charge in [0.2, 0.25) is 0 Å². The van der Waals surface area contributed by atoms with Crippen LogP contribution in [0.1, 0.15) is 16.5 Å². The van der Waals surface area contributed by atoms with E-state index >= 15 is 0 Å². The topological polar surface area (TPSA) is 35.6 Å². The maximum absolute atomic E-state index is 12.3. The largest absolute Gasteiger partial charge is 0.336 e. The van der Waals surface area contributed by atoms with Gasteiger partial charge < -0.3 is 15.1 Å². The fourth-order valence-corrected chi connectivity index (χ4v) is 3.45. The van der Waals surface area contributed by atoms with E-state index in [0.717, 1.165) is 5.56 Å². The van der Waals surface area contributed by atoms with Crippen molar-refractivity contribution in [3.05, 3.63) is 57.2 Å². The molecule has 1 aromatic heterocycles. The van der Waals surface area contributed by atoms with Crippen LogP contribution >= 0.6 is 22.9 Å².